The summed E-state index contributed by atoms with van der Waals surface area (Å²) in [6.07, 6.45) is 5.10. The lowest BCUT2D eigenvalue weighted by Crippen LogP contribution is -2.72. The molecule has 3 atom stereocenters. The van der Waals surface area contributed by atoms with E-state index in [1.807, 2.05) is 60.7 Å². The first kappa shape index (κ1) is 21.9. The van der Waals surface area contributed by atoms with Crippen LogP contribution in [0, 0.1) is 10.1 Å². The molecule has 158 valence electrons. The molecular weight excluding hydrogens is 382 g/mol. The topological polar surface area (TPSA) is 102 Å². The van der Waals surface area contributed by atoms with Crippen LogP contribution in [-0.2, 0) is 17.8 Å². The molecule has 3 unspecified atom stereocenters. The predicted octanol–water partition coefficient (Wildman–Crippen LogP) is 3.19. The molecule has 0 aliphatic heterocycles. The second kappa shape index (κ2) is 9.32. The van der Waals surface area contributed by atoms with Gasteiger partial charge in [-0.25, -0.2) is 4.90 Å². The van der Waals surface area contributed by atoms with E-state index < -0.39 is 22.6 Å². The smallest absolute Gasteiger partial charge is 0.343 e. The molecule has 0 bridgehead atoms. The maximum absolute atomic E-state index is 12.6. The van der Waals surface area contributed by atoms with E-state index in [1.54, 1.807) is 24.0 Å². The second-order valence-electron chi connectivity index (χ2n) is 7.30. The van der Waals surface area contributed by atoms with Crippen molar-refractivity contribution in [2.75, 3.05) is 0 Å². The van der Waals surface area contributed by atoms with Crippen molar-refractivity contribution >= 4 is 0 Å². The summed E-state index contributed by atoms with van der Waals surface area (Å²) in [6.45, 7) is 2.24. The Morgan fingerprint density at radius 2 is 1.53 bits per heavy atom. The van der Waals surface area contributed by atoms with Crippen molar-refractivity contribution in [1.82, 2.24) is 4.90 Å². The van der Waals surface area contributed by atoms with E-state index in [9.17, 15) is 15.2 Å². The Morgan fingerprint density at radius 3 is 2.00 bits per heavy atom. The van der Waals surface area contributed by atoms with Crippen LogP contribution in [-0.4, -0.2) is 32.6 Å². The highest BCUT2D eigenvalue weighted by atomic mass is 16.7. The molecular formula is C23H27N3O4. The van der Waals surface area contributed by atoms with Gasteiger partial charge in [-0.1, -0.05) is 79.7 Å². The van der Waals surface area contributed by atoms with Gasteiger partial charge in [-0.15, -0.1) is 0 Å². The summed E-state index contributed by atoms with van der Waals surface area (Å²) in [6, 6.07) is 19.0. The molecule has 0 aromatic heterocycles. The summed E-state index contributed by atoms with van der Waals surface area (Å²) in [5, 5.41) is 22.8. The van der Waals surface area contributed by atoms with Gasteiger partial charge in [0.25, 0.3) is 0 Å². The first-order valence-electron chi connectivity index (χ1n) is 9.90. The van der Waals surface area contributed by atoms with Gasteiger partial charge in [0.15, 0.2) is 6.29 Å². The third-order valence-electron chi connectivity index (χ3n) is 5.23. The summed E-state index contributed by atoms with van der Waals surface area (Å²) in [5.74, 6) is 0. The number of benzene rings is 2. The van der Waals surface area contributed by atoms with Crippen molar-refractivity contribution in [3.8, 4) is 0 Å². The first-order chi connectivity index (χ1) is 14.4. The minimum Gasteiger partial charge on any atom is -0.368 e. The molecule has 0 saturated heterocycles. The highest BCUT2D eigenvalue weighted by Gasteiger charge is 2.63. The van der Waals surface area contributed by atoms with Gasteiger partial charge in [0.1, 0.15) is 0 Å². The molecule has 0 heterocycles. The van der Waals surface area contributed by atoms with Crippen molar-refractivity contribution < 1.29 is 14.8 Å². The van der Waals surface area contributed by atoms with Gasteiger partial charge in [0.2, 0.25) is 5.72 Å². The number of rotatable bonds is 9. The number of hydrogen-bond acceptors (Lipinski definition) is 6. The molecule has 0 amide bonds. The van der Waals surface area contributed by atoms with Crippen LogP contribution in [0.15, 0.2) is 85.0 Å². The van der Waals surface area contributed by atoms with Crippen LogP contribution in [0.3, 0.4) is 0 Å². The van der Waals surface area contributed by atoms with E-state index in [0.29, 0.717) is 0 Å². The van der Waals surface area contributed by atoms with E-state index in [4.69, 9.17) is 10.5 Å². The average Bonchev–Trinajstić information content (AvgIpc) is 2.74. The Morgan fingerprint density at radius 1 is 1.03 bits per heavy atom. The lowest BCUT2D eigenvalue weighted by atomic mass is 9.88. The Kier molecular flexibility index (Phi) is 6.79. The third kappa shape index (κ3) is 4.34. The Labute approximate surface area is 176 Å². The number of nitro groups is 1. The maximum Gasteiger partial charge on any atom is 0.343 e. The molecule has 0 saturated carbocycles. The Hall–Kier alpha value is -2.84. The quantitative estimate of drug-likeness (QED) is 0.375. The molecule has 2 aromatic rings. The van der Waals surface area contributed by atoms with Crippen molar-refractivity contribution in [2.24, 2.45) is 5.73 Å². The van der Waals surface area contributed by atoms with Gasteiger partial charge < -0.3 is 9.84 Å². The van der Waals surface area contributed by atoms with Crippen molar-refractivity contribution in [3.05, 3.63) is 106 Å². The highest BCUT2D eigenvalue weighted by molar-refractivity contribution is 5.29. The zero-order chi connectivity index (χ0) is 21.6. The number of nitrogens with zero attached hydrogens (tertiary/aromatic N) is 2. The third-order valence-corrected chi connectivity index (χ3v) is 5.23. The summed E-state index contributed by atoms with van der Waals surface area (Å²) >= 11 is 0. The maximum atomic E-state index is 12.6. The van der Waals surface area contributed by atoms with Crippen molar-refractivity contribution in [3.63, 3.8) is 0 Å². The fourth-order valence-electron chi connectivity index (χ4n) is 3.65. The fourth-order valence-corrected chi connectivity index (χ4v) is 3.65. The van der Waals surface area contributed by atoms with Gasteiger partial charge >= 0.3 is 5.66 Å². The van der Waals surface area contributed by atoms with Crippen LogP contribution in [0.5, 0.6) is 0 Å². The number of aliphatic hydroxyl groups excluding tert-OH is 1. The zero-order valence-electron chi connectivity index (χ0n) is 16.9. The SMILES string of the molecule is CCC(O)OC1(N)C=CC=CC1(N(Cc1ccccc1)Cc1ccccc1)[N+](=O)[O-]. The fraction of sp³-hybridized carbons (Fsp3) is 0.304. The highest BCUT2D eigenvalue weighted by Crippen LogP contribution is 2.37. The van der Waals surface area contributed by atoms with Crippen molar-refractivity contribution in [1.29, 1.82) is 0 Å². The average molecular weight is 409 g/mol. The minimum atomic E-state index is -1.93. The molecule has 3 rings (SSSR count). The molecule has 1 aliphatic rings. The van der Waals surface area contributed by atoms with Gasteiger partial charge in [0, 0.05) is 19.2 Å². The van der Waals surface area contributed by atoms with Crippen LogP contribution in [0.2, 0.25) is 0 Å². The molecule has 0 radical (unpaired) electrons. The van der Waals surface area contributed by atoms with E-state index >= 15 is 0 Å². The van der Waals surface area contributed by atoms with Gasteiger partial charge in [-0.05, 0) is 23.6 Å². The van der Waals surface area contributed by atoms with E-state index in [2.05, 4.69) is 0 Å². The van der Waals surface area contributed by atoms with Crippen molar-refractivity contribution in [2.45, 2.75) is 44.1 Å². The van der Waals surface area contributed by atoms with E-state index in [1.165, 1.54) is 12.2 Å². The van der Waals surface area contributed by atoms with Gasteiger partial charge in [-0.2, -0.15) is 0 Å². The van der Waals surface area contributed by atoms with Crippen LogP contribution >= 0.6 is 0 Å². The van der Waals surface area contributed by atoms with E-state index in [0.717, 1.165) is 11.1 Å². The van der Waals surface area contributed by atoms with Crippen LogP contribution < -0.4 is 5.73 Å². The largest absolute Gasteiger partial charge is 0.368 e. The zero-order valence-corrected chi connectivity index (χ0v) is 16.9. The van der Waals surface area contributed by atoms with Crippen LogP contribution in [0.4, 0.5) is 0 Å². The molecule has 0 spiro atoms. The first-order valence-corrected chi connectivity index (χ1v) is 9.90. The molecule has 2 aromatic carbocycles. The summed E-state index contributed by atoms with van der Waals surface area (Å²) < 4.78 is 5.67. The number of aliphatic hydroxyl groups is 1. The number of ether oxygens (including phenoxy) is 1. The number of allylic oxidation sites excluding steroid dienone is 2. The molecule has 3 N–H and O–H groups in total. The van der Waals surface area contributed by atoms with Crippen LogP contribution in [0.25, 0.3) is 0 Å². The standard InChI is InChI=1S/C23H27N3O4/c1-2-21(27)30-22(24)15-9-10-16-23(22,26(28)29)25(17-19-11-5-3-6-12-19)18-20-13-7-4-8-14-20/h3-16,21,27H,2,17-18,24H2,1H3. The summed E-state index contributed by atoms with van der Waals surface area (Å²) in [5.41, 5.74) is 4.52. The normalized spacial score (nSPS) is 24.1. The Bertz CT molecular complexity index is 862. The monoisotopic (exact) mass is 409 g/mol. The molecule has 1 aliphatic carbocycles. The van der Waals surface area contributed by atoms with Crippen LogP contribution in [0.1, 0.15) is 24.5 Å². The molecule has 7 nitrogen and oxygen atoms in total. The molecule has 7 heteroatoms. The second-order valence-corrected chi connectivity index (χ2v) is 7.30. The Balaban J connectivity index is 2.10. The molecule has 30 heavy (non-hydrogen) atoms. The lowest BCUT2D eigenvalue weighted by Gasteiger charge is -2.45. The predicted molar refractivity (Wildman–Crippen MR) is 114 cm³/mol. The molecule has 0 fully saturated rings. The number of hydrogen-bond donors (Lipinski definition) is 2. The minimum absolute atomic E-state index is 0.252. The number of nitrogens with two attached hydrogens (primary N) is 1. The van der Waals surface area contributed by atoms with Gasteiger partial charge in [-0.3, -0.25) is 15.8 Å². The lowest BCUT2D eigenvalue weighted by molar-refractivity contribution is -0.613. The summed E-state index contributed by atoms with van der Waals surface area (Å²) in [4.78, 5) is 13.9. The van der Waals surface area contributed by atoms with E-state index in [-0.39, 0.29) is 19.5 Å². The summed E-state index contributed by atoms with van der Waals surface area (Å²) in [7, 11) is 0. The van der Waals surface area contributed by atoms with Gasteiger partial charge in [0.05, 0.1) is 4.92 Å².